The van der Waals surface area contributed by atoms with Crippen molar-refractivity contribution in [3.05, 3.63) is 53.3 Å². The summed E-state index contributed by atoms with van der Waals surface area (Å²) in [5.41, 5.74) is 8.38. The topological polar surface area (TPSA) is 74.7 Å². The Balaban J connectivity index is 2.03. The minimum atomic E-state index is -0.656. The Kier molecular flexibility index (Phi) is 4.00. The van der Waals surface area contributed by atoms with E-state index >= 15 is 0 Å². The van der Waals surface area contributed by atoms with Gasteiger partial charge >= 0.3 is 0 Å². The first-order valence-corrected chi connectivity index (χ1v) is 7.75. The van der Waals surface area contributed by atoms with Crippen molar-refractivity contribution in [2.75, 3.05) is 7.05 Å². The first-order chi connectivity index (χ1) is 10.9. The number of nitrogens with zero attached hydrogens (tertiary/aromatic N) is 3. The van der Waals surface area contributed by atoms with Crippen LogP contribution in [0.3, 0.4) is 0 Å². The molecule has 0 radical (unpaired) electrons. The van der Waals surface area contributed by atoms with Gasteiger partial charge in [0.1, 0.15) is 11.4 Å². The Morgan fingerprint density at radius 1 is 1.30 bits per heavy atom. The molecule has 1 aliphatic heterocycles. The number of nitrogens with two attached hydrogens (primary N) is 1. The summed E-state index contributed by atoms with van der Waals surface area (Å²) in [6, 6.07) is 11.8. The molecule has 1 aromatic carbocycles. The highest BCUT2D eigenvalue weighted by Gasteiger charge is 2.36. The fourth-order valence-corrected chi connectivity index (χ4v) is 2.99. The number of pyridine rings is 1. The molecule has 0 amide bonds. The first-order valence-electron chi connectivity index (χ1n) is 7.38. The third-order valence-corrected chi connectivity index (χ3v) is 4.50. The van der Waals surface area contributed by atoms with Crippen LogP contribution in [-0.4, -0.2) is 34.2 Å². The molecule has 1 aliphatic rings. The molecular weight excluding hydrogens is 312 g/mol. The lowest BCUT2D eigenvalue weighted by Gasteiger charge is -2.38. The lowest BCUT2D eigenvalue weighted by atomic mass is 9.85. The molecule has 2 aromatic rings. The van der Waals surface area contributed by atoms with Crippen molar-refractivity contribution < 1.29 is 5.11 Å². The van der Waals surface area contributed by atoms with E-state index in [2.05, 4.69) is 16.0 Å². The Labute approximate surface area is 140 Å². The summed E-state index contributed by atoms with van der Waals surface area (Å²) >= 11 is 5.98. The largest absolute Gasteiger partial charge is 0.373 e. The highest BCUT2D eigenvalue weighted by Crippen LogP contribution is 2.36. The summed E-state index contributed by atoms with van der Waals surface area (Å²) < 4.78 is 0. The number of rotatable bonds is 2. The van der Waals surface area contributed by atoms with Crippen molar-refractivity contribution in [2.45, 2.75) is 25.1 Å². The SMILES string of the molecule is CN1C(N)=NC(C)(c2cccc(-c3ccnc(Cl)c3)c2)CC1O. The van der Waals surface area contributed by atoms with E-state index in [1.807, 2.05) is 37.3 Å². The van der Waals surface area contributed by atoms with Gasteiger partial charge in [-0.3, -0.25) is 0 Å². The molecule has 1 aromatic heterocycles. The van der Waals surface area contributed by atoms with Crippen LogP contribution in [0, 0.1) is 0 Å². The molecule has 0 spiro atoms. The molecule has 3 N–H and O–H groups in total. The van der Waals surface area contributed by atoms with Gasteiger partial charge in [-0.1, -0.05) is 29.8 Å². The summed E-state index contributed by atoms with van der Waals surface area (Å²) in [7, 11) is 1.73. The number of halogens is 1. The van der Waals surface area contributed by atoms with E-state index in [-0.39, 0.29) is 0 Å². The Bertz CT molecular complexity index is 764. The Morgan fingerprint density at radius 2 is 2.04 bits per heavy atom. The van der Waals surface area contributed by atoms with Crippen LogP contribution in [0.25, 0.3) is 11.1 Å². The molecule has 0 saturated carbocycles. The maximum absolute atomic E-state index is 10.2. The summed E-state index contributed by atoms with van der Waals surface area (Å²) in [6.07, 6.45) is 1.50. The number of hydrogen-bond acceptors (Lipinski definition) is 5. The van der Waals surface area contributed by atoms with Gasteiger partial charge in [-0.15, -0.1) is 0 Å². The van der Waals surface area contributed by atoms with E-state index in [1.165, 1.54) is 0 Å². The van der Waals surface area contributed by atoms with Gasteiger partial charge in [0, 0.05) is 19.7 Å². The normalized spacial score (nSPS) is 24.4. The Hall–Kier alpha value is -2.11. The zero-order valence-electron chi connectivity index (χ0n) is 13.1. The summed E-state index contributed by atoms with van der Waals surface area (Å²) in [6.45, 7) is 1.98. The lowest BCUT2D eigenvalue weighted by molar-refractivity contribution is 0.0292. The van der Waals surface area contributed by atoms with Crippen LogP contribution in [-0.2, 0) is 5.54 Å². The zero-order valence-corrected chi connectivity index (χ0v) is 13.8. The van der Waals surface area contributed by atoms with E-state index in [4.69, 9.17) is 17.3 Å². The van der Waals surface area contributed by atoms with Gasteiger partial charge in [-0.25, -0.2) is 9.98 Å². The predicted molar refractivity (Wildman–Crippen MR) is 92.0 cm³/mol. The van der Waals surface area contributed by atoms with E-state index in [0.29, 0.717) is 17.5 Å². The van der Waals surface area contributed by atoms with E-state index in [0.717, 1.165) is 16.7 Å². The molecule has 120 valence electrons. The fraction of sp³-hybridized carbons (Fsp3) is 0.294. The van der Waals surface area contributed by atoms with Gasteiger partial charge in [0.05, 0.1) is 5.54 Å². The van der Waals surface area contributed by atoms with Crippen molar-refractivity contribution in [3.63, 3.8) is 0 Å². The van der Waals surface area contributed by atoms with Gasteiger partial charge in [-0.2, -0.15) is 0 Å². The van der Waals surface area contributed by atoms with Crippen molar-refractivity contribution in [1.29, 1.82) is 0 Å². The smallest absolute Gasteiger partial charge is 0.193 e. The molecule has 2 atom stereocenters. The molecule has 0 bridgehead atoms. The maximum atomic E-state index is 10.2. The van der Waals surface area contributed by atoms with Crippen LogP contribution in [0.15, 0.2) is 47.6 Å². The third-order valence-electron chi connectivity index (χ3n) is 4.29. The van der Waals surface area contributed by atoms with Crippen molar-refractivity contribution in [1.82, 2.24) is 9.88 Å². The summed E-state index contributed by atoms with van der Waals surface area (Å²) in [5, 5.41) is 10.7. The van der Waals surface area contributed by atoms with Crippen LogP contribution in [0.4, 0.5) is 0 Å². The second kappa shape index (κ2) is 5.83. The third kappa shape index (κ3) is 3.02. The van der Waals surface area contributed by atoms with E-state index in [1.54, 1.807) is 18.1 Å². The number of benzene rings is 1. The van der Waals surface area contributed by atoms with Gasteiger partial charge in [0.25, 0.3) is 0 Å². The second-order valence-electron chi connectivity index (χ2n) is 5.99. The highest BCUT2D eigenvalue weighted by atomic mass is 35.5. The van der Waals surface area contributed by atoms with E-state index < -0.39 is 11.8 Å². The van der Waals surface area contributed by atoms with Gasteiger partial charge in [0.15, 0.2) is 5.96 Å². The Morgan fingerprint density at radius 3 is 2.74 bits per heavy atom. The van der Waals surface area contributed by atoms with Gasteiger partial charge in [-0.05, 0) is 41.8 Å². The summed E-state index contributed by atoms with van der Waals surface area (Å²) in [4.78, 5) is 10.2. The second-order valence-corrected chi connectivity index (χ2v) is 6.37. The fourth-order valence-electron chi connectivity index (χ4n) is 2.82. The molecule has 3 rings (SSSR count). The molecule has 6 heteroatoms. The molecule has 2 heterocycles. The quantitative estimate of drug-likeness (QED) is 0.830. The van der Waals surface area contributed by atoms with Crippen molar-refractivity contribution >= 4 is 17.6 Å². The van der Waals surface area contributed by atoms with Crippen LogP contribution in [0.5, 0.6) is 0 Å². The van der Waals surface area contributed by atoms with Gasteiger partial charge in [0.2, 0.25) is 0 Å². The predicted octanol–water partition coefficient (Wildman–Crippen LogP) is 2.59. The summed E-state index contributed by atoms with van der Waals surface area (Å²) in [5.74, 6) is 0.337. The molecule has 5 nitrogen and oxygen atoms in total. The molecule has 2 unspecified atom stereocenters. The van der Waals surface area contributed by atoms with Crippen LogP contribution < -0.4 is 5.73 Å². The number of hydrogen-bond donors (Lipinski definition) is 2. The monoisotopic (exact) mass is 330 g/mol. The minimum Gasteiger partial charge on any atom is -0.373 e. The molecule has 23 heavy (non-hydrogen) atoms. The zero-order chi connectivity index (χ0) is 16.6. The number of guanidine groups is 1. The van der Waals surface area contributed by atoms with Gasteiger partial charge < -0.3 is 15.7 Å². The minimum absolute atomic E-state index is 0.337. The molecule has 0 saturated heterocycles. The average Bonchev–Trinajstić information content (AvgIpc) is 2.53. The maximum Gasteiger partial charge on any atom is 0.193 e. The standard InChI is InChI=1S/C17H19ClN4O/c1-17(10-15(23)22(2)16(19)21-17)13-5-3-4-11(8-13)12-6-7-20-14(18)9-12/h3-9,15,23H,10H2,1-2H3,(H2,19,21). The first kappa shape index (κ1) is 15.8. The molecular formula is C17H19ClN4O. The highest BCUT2D eigenvalue weighted by molar-refractivity contribution is 6.29. The van der Waals surface area contributed by atoms with E-state index in [9.17, 15) is 5.11 Å². The number of aromatic nitrogens is 1. The van der Waals surface area contributed by atoms with Crippen LogP contribution >= 0.6 is 11.6 Å². The number of aliphatic hydroxyl groups is 1. The lowest BCUT2D eigenvalue weighted by Crippen LogP contribution is -2.50. The number of aliphatic imine (C=N–C) groups is 1. The van der Waals surface area contributed by atoms with Crippen molar-refractivity contribution in [2.24, 2.45) is 10.7 Å². The number of aliphatic hydroxyl groups excluding tert-OH is 1. The van der Waals surface area contributed by atoms with Crippen molar-refractivity contribution in [3.8, 4) is 11.1 Å². The van der Waals surface area contributed by atoms with Crippen LogP contribution in [0.1, 0.15) is 18.9 Å². The van der Waals surface area contributed by atoms with Crippen LogP contribution in [0.2, 0.25) is 5.15 Å². The molecule has 0 aliphatic carbocycles. The average molecular weight is 331 g/mol. The molecule has 0 fully saturated rings.